The van der Waals surface area contributed by atoms with Crippen molar-refractivity contribution in [1.29, 1.82) is 0 Å². The molecule has 0 radical (unpaired) electrons. The molecule has 13 nitrogen and oxygen atoms in total. The van der Waals surface area contributed by atoms with Crippen molar-refractivity contribution in [3.05, 3.63) is 125 Å². The van der Waals surface area contributed by atoms with Crippen molar-refractivity contribution in [2.75, 3.05) is 0 Å². The van der Waals surface area contributed by atoms with Gasteiger partial charge in [-0.25, -0.2) is 4.98 Å². The molecule has 0 saturated heterocycles. The average Bonchev–Trinajstić information content (AvgIpc) is 3.77. The maximum atomic E-state index is 12.6. The van der Waals surface area contributed by atoms with E-state index < -0.39 is 11.9 Å². The fraction of sp³-hybridized carbons (Fsp3) is 0.233. The third-order valence-corrected chi connectivity index (χ3v) is 8.43. The number of pyridine rings is 4. The molecule has 0 fully saturated rings. The molecule has 0 amide bonds. The summed E-state index contributed by atoms with van der Waals surface area (Å²) < 4.78 is 51.5. The van der Waals surface area contributed by atoms with Gasteiger partial charge in [0, 0.05) is 24.3 Å². The summed E-state index contributed by atoms with van der Waals surface area (Å²) in [5, 5.41) is 15.2. The molecule has 5 heterocycles. The first kappa shape index (κ1) is 50.8. The molecule has 0 aliphatic rings. The molecule has 318 valence electrons. The van der Waals surface area contributed by atoms with Gasteiger partial charge in [-0.3, -0.25) is 29.3 Å². The van der Waals surface area contributed by atoms with Crippen molar-refractivity contribution in [2.45, 2.75) is 58.5 Å². The number of isothiocyanates is 1. The standard InChI is InChI=1S/C24H17N3O6.C18H23F3N3.CNS.Ru/c28-15-31-8-3-18-1-6-25-21(11-18)23-13-20(5-10-33-17-30)14-24(27-23)22-12-19(2-7-26-22)4-9-32-16-29;1-3-5-6-13(4-2)7-8-14-9-10-15(22-12-14)16-11-17(24-23-16)18(19,20)21;2-1-3;/h1-17H;9-13H,3-8H2,1-2H3;;/q;2*-1;+2/b8-3+,9-4+,10-5+;;;. The van der Waals surface area contributed by atoms with Gasteiger partial charge in [0.15, 0.2) is 0 Å². The quantitative estimate of drug-likeness (QED) is 0.0191. The zero-order chi connectivity index (χ0) is 43.6. The Morgan fingerprint density at radius 3 is 1.72 bits per heavy atom. The van der Waals surface area contributed by atoms with Crippen LogP contribution < -0.4 is 5.10 Å². The molecule has 0 N–H and O–H groups in total. The molecule has 0 aromatic carbocycles. The molecule has 0 spiro atoms. The van der Waals surface area contributed by atoms with Crippen molar-refractivity contribution >= 4 is 55.0 Å². The third-order valence-electron chi connectivity index (χ3n) is 8.43. The minimum Gasteiger partial charge on any atom is -0.753 e. The van der Waals surface area contributed by atoms with E-state index in [4.69, 9.17) is 5.41 Å². The Hall–Kier alpha value is -6.35. The van der Waals surface area contributed by atoms with Crippen LogP contribution in [0, 0.1) is 5.92 Å². The maximum Gasteiger partial charge on any atom is 2.00 e. The number of unbranched alkanes of at least 4 members (excludes halogenated alkanes) is 1. The second-order valence-corrected chi connectivity index (χ2v) is 12.6. The number of carbonyl (C=O) groups is 3. The number of hydrogen-bond acceptors (Lipinski definition) is 12. The van der Waals surface area contributed by atoms with Crippen LogP contribution in [0.5, 0.6) is 0 Å². The second kappa shape index (κ2) is 28.2. The van der Waals surface area contributed by atoms with Crippen LogP contribution in [0.3, 0.4) is 0 Å². The zero-order valence-electron chi connectivity index (χ0n) is 32.9. The van der Waals surface area contributed by atoms with E-state index in [2.05, 4.69) is 70.4 Å². The van der Waals surface area contributed by atoms with Gasteiger partial charge in [0.1, 0.15) is 5.69 Å². The smallest absolute Gasteiger partial charge is 0.753 e. The number of halogens is 3. The molecule has 5 aromatic rings. The number of hydrogen-bond donors (Lipinski definition) is 0. The Labute approximate surface area is 368 Å². The van der Waals surface area contributed by atoms with Crippen LogP contribution in [0.15, 0.2) is 92.0 Å². The molecular formula is C43H40F3N7O6RuS. The van der Waals surface area contributed by atoms with Crippen molar-refractivity contribution in [2.24, 2.45) is 5.92 Å². The van der Waals surface area contributed by atoms with Crippen LogP contribution in [0.2, 0.25) is 0 Å². The summed E-state index contributed by atoms with van der Waals surface area (Å²) in [7, 11) is 0. The number of thiocarbonyl (C=S) groups is 1. The van der Waals surface area contributed by atoms with E-state index in [0.717, 1.165) is 41.5 Å². The van der Waals surface area contributed by atoms with Gasteiger partial charge in [0.2, 0.25) is 0 Å². The molecule has 0 saturated carbocycles. The van der Waals surface area contributed by atoms with Gasteiger partial charge in [-0.15, -0.1) is 0 Å². The Morgan fingerprint density at radius 2 is 1.28 bits per heavy atom. The van der Waals surface area contributed by atoms with E-state index >= 15 is 0 Å². The van der Waals surface area contributed by atoms with Gasteiger partial charge >= 0.3 is 25.7 Å². The molecular weight excluding hydrogens is 901 g/mol. The number of rotatable bonds is 19. The second-order valence-electron chi connectivity index (χ2n) is 12.4. The van der Waals surface area contributed by atoms with Gasteiger partial charge in [-0.05, 0) is 108 Å². The van der Waals surface area contributed by atoms with Crippen molar-refractivity contribution in [1.82, 2.24) is 30.1 Å². The van der Waals surface area contributed by atoms with Crippen LogP contribution in [-0.2, 0) is 60.7 Å². The molecule has 5 rings (SSSR count). The number of nitrogens with zero attached hydrogens (tertiary/aromatic N) is 7. The van der Waals surface area contributed by atoms with Gasteiger partial charge in [0.05, 0.1) is 41.6 Å². The van der Waals surface area contributed by atoms with E-state index in [1.807, 2.05) is 6.07 Å². The molecule has 5 aromatic heterocycles. The first-order valence-corrected chi connectivity index (χ1v) is 18.8. The first-order valence-electron chi connectivity index (χ1n) is 18.3. The zero-order valence-corrected chi connectivity index (χ0v) is 35.5. The van der Waals surface area contributed by atoms with Crippen molar-refractivity contribution < 1.29 is 61.2 Å². The molecule has 1 unspecified atom stereocenters. The number of aryl methyl sites for hydroxylation is 1. The monoisotopic (exact) mass is 941 g/mol. The fourth-order valence-electron chi connectivity index (χ4n) is 5.44. The normalized spacial score (nSPS) is 11.3. The Kier molecular flexibility index (Phi) is 23.5. The topological polar surface area (TPSA) is 180 Å². The molecule has 0 aliphatic carbocycles. The van der Waals surface area contributed by atoms with Gasteiger partial charge in [0.25, 0.3) is 19.4 Å². The van der Waals surface area contributed by atoms with Crippen LogP contribution in [0.4, 0.5) is 13.2 Å². The fourth-order valence-corrected chi connectivity index (χ4v) is 5.44. The minimum absolute atomic E-state index is 0. The SMILES string of the molecule is CCCCC(CC)CCc1ccc(-c2cc(C(F)(F)F)n[n-]2)nc1.O=CO/C=C/c1ccnc(-c2cc(/C=C/OC=O)cc(-c3cc(/C=C/OC=O)ccn3)n2)c1.[N-]=C=S.[Ru+2]. The molecule has 18 heteroatoms. The third kappa shape index (κ3) is 18.2. The first-order chi connectivity index (χ1) is 29.1. The summed E-state index contributed by atoms with van der Waals surface area (Å²) in [6, 6.07) is 15.1. The van der Waals surface area contributed by atoms with Gasteiger partial charge in [-0.2, -0.15) is 18.3 Å². The summed E-state index contributed by atoms with van der Waals surface area (Å²) in [6.45, 7) is 5.38. The molecule has 0 bridgehead atoms. The number of alkyl halides is 3. The van der Waals surface area contributed by atoms with Gasteiger partial charge in [-0.1, -0.05) is 63.5 Å². The number of carbonyl (C=O) groups excluding carboxylic acids is 3. The van der Waals surface area contributed by atoms with Crippen LogP contribution in [-0.4, -0.2) is 49.6 Å². The minimum atomic E-state index is -4.47. The van der Waals surface area contributed by atoms with E-state index in [0.29, 0.717) is 53.4 Å². The van der Waals surface area contributed by atoms with E-state index in [9.17, 15) is 27.6 Å². The van der Waals surface area contributed by atoms with Gasteiger partial charge < -0.3 is 29.8 Å². The Morgan fingerprint density at radius 1 is 0.754 bits per heavy atom. The average molecular weight is 941 g/mol. The Bertz CT molecular complexity index is 2160. The predicted octanol–water partition coefficient (Wildman–Crippen LogP) is 9.56. The van der Waals surface area contributed by atoms with E-state index in [1.54, 1.807) is 79.3 Å². The Balaban J connectivity index is 0.000000405. The van der Waals surface area contributed by atoms with E-state index in [-0.39, 0.29) is 25.2 Å². The number of ether oxygens (including phenoxy) is 3. The summed E-state index contributed by atoms with van der Waals surface area (Å²) >= 11 is 3.70. The molecule has 0 aliphatic heterocycles. The van der Waals surface area contributed by atoms with Crippen molar-refractivity contribution in [3.63, 3.8) is 0 Å². The largest absolute Gasteiger partial charge is 2.00 e. The molecule has 1 atom stereocenters. The van der Waals surface area contributed by atoms with Crippen LogP contribution >= 0.6 is 12.2 Å². The van der Waals surface area contributed by atoms with E-state index in [1.165, 1.54) is 49.6 Å². The summed E-state index contributed by atoms with van der Waals surface area (Å²) in [5.41, 5.74) is 5.08. The summed E-state index contributed by atoms with van der Waals surface area (Å²) in [4.78, 5) is 48.8. The summed E-state index contributed by atoms with van der Waals surface area (Å²) in [6.07, 6.45) is 16.0. The number of aromatic nitrogens is 6. The predicted molar refractivity (Wildman–Crippen MR) is 223 cm³/mol. The van der Waals surface area contributed by atoms with Crippen molar-refractivity contribution in [3.8, 4) is 34.2 Å². The van der Waals surface area contributed by atoms with Crippen LogP contribution in [0.1, 0.15) is 73.9 Å². The van der Waals surface area contributed by atoms with Crippen LogP contribution in [0.25, 0.3) is 57.8 Å². The summed E-state index contributed by atoms with van der Waals surface area (Å²) in [5.74, 6) is 0.722. The maximum absolute atomic E-state index is 12.6. The molecule has 61 heavy (non-hydrogen) atoms.